The normalized spacial score (nSPS) is 14.2. The largest absolute Gasteiger partial charge is 0.322 e. The van der Waals surface area contributed by atoms with Crippen LogP contribution in [0.25, 0.3) is 0 Å². The minimum atomic E-state index is -2.73. The highest BCUT2D eigenvalue weighted by atomic mass is 79.9. The molecule has 1 aromatic heterocycles. The van der Waals surface area contributed by atoms with Crippen LogP contribution in [0.1, 0.15) is 42.1 Å². The molecule has 1 amide bonds. The van der Waals surface area contributed by atoms with Gasteiger partial charge in [0.05, 0.1) is 15.9 Å². The lowest BCUT2D eigenvalue weighted by atomic mass is 10.2. The van der Waals surface area contributed by atoms with Gasteiger partial charge >= 0.3 is 0 Å². The van der Waals surface area contributed by atoms with Crippen molar-refractivity contribution < 1.29 is 18.0 Å². The maximum atomic E-state index is 13.7. The van der Waals surface area contributed by atoms with E-state index in [0.29, 0.717) is 5.69 Å². The number of rotatable bonds is 5. The number of halogens is 4. The van der Waals surface area contributed by atoms with Crippen molar-refractivity contribution in [2.24, 2.45) is 0 Å². The van der Waals surface area contributed by atoms with E-state index in [4.69, 9.17) is 0 Å². The monoisotopic (exact) mass is 401 g/mol. The summed E-state index contributed by atoms with van der Waals surface area (Å²) in [5.41, 5.74) is 1.09. The molecular formula is C16H15BrF3N3O. The van der Waals surface area contributed by atoms with Crippen LogP contribution in [0.3, 0.4) is 0 Å². The first-order chi connectivity index (χ1) is 11.4. The maximum absolute atomic E-state index is 13.7. The number of aromatic nitrogens is 2. The number of carbonyl (C=O) groups excluding carboxylic acids is 1. The van der Waals surface area contributed by atoms with E-state index >= 15 is 0 Å². The van der Waals surface area contributed by atoms with E-state index < -0.39 is 18.1 Å². The zero-order valence-corrected chi connectivity index (χ0v) is 14.4. The Morgan fingerprint density at radius 3 is 2.79 bits per heavy atom. The smallest absolute Gasteiger partial charge is 0.283 e. The van der Waals surface area contributed by atoms with E-state index in [0.717, 1.165) is 18.4 Å². The first-order valence-electron chi connectivity index (χ1n) is 7.47. The molecule has 1 fully saturated rings. The average Bonchev–Trinajstić information content (AvgIpc) is 3.27. The van der Waals surface area contributed by atoms with Gasteiger partial charge in [-0.05, 0) is 53.4 Å². The van der Waals surface area contributed by atoms with Gasteiger partial charge in [-0.25, -0.2) is 13.2 Å². The SMILES string of the molecule is Cc1ccc(F)c(NC(=O)Cn2nc(C(F)F)c(Br)c2C2CC2)c1. The summed E-state index contributed by atoms with van der Waals surface area (Å²) in [5.74, 6) is -0.939. The fourth-order valence-corrected chi connectivity index (χ4v) is 3.32. The van der Waals surface area contributed by atoms with Gasteiger partial charge in [0.1, 0.15) is 18.1 Å². The molecule has 0 saturated heterocycles. The van der Waals surface area contributed by atoms with Crippen LogP contribution >= 0.6 is 15.9 Å². The van der Waals surface area contributed by atoms with E-state index in [2.05, 4.69) is 26.3 Å². The zero-order valence-electron chi connectivity index (χ0n) is 12.8. The Labute approximate surface area is 145 Å². The molecule has 1 saturated carbocycles. The molecule has 128 valence electrons. The second-order valence-electron chi connectivity index (χ2n) is 5.85. The average molecular weight is 402 g/mol. The highest BCUT2D eigenvalue weighted by Gasteiger charge is 2.34. The lowest BCUT2D eigenvalue weighted by Crippen LogP contribution is -2.21. The summed E-state index contributed by atoms with van der Waals surface area (Å²) in [5, 5.41) is 6.32. The van der Waals surface area contributed by atoms with E-state index in [1.807, 2.05) is 0 Å². The van der Waals surface area contributed by atoms with Crippen LogP contribution < -0.4 is 5.32 Å². The lowest BCUT2D eigenvalue weighted by molar-refractivity contribution is -0.117. The van der Waals surface area contributed by atoms with Gasteiger partial charge in [0, 0.05) is 5.92 Å². The third-order valence-electron chi connectivity index (χ3n) is 3.82. The molecule has 0 spiro atoms. The number of hydrogen-bond acceptors (Lipinski definition) is 2. The van der Waals surface area contributed by atoms with Gasteiger partial charge in [-0.15, -0.1) is 0 Å². The molecule has 1 aliphatic rings. The number of aryl methyl sites for hydroxylation is 1. The summed E-state index contributed by atoms with van der Waals surface area (Å²) < 4.78 is 41.3. The molecule has 24 heavy (non-hydrogen) atoms. The number of amides is 1. The fraction of sp³-hybridized carbons (Fsp3) is 0.375. The van der Waals surface area contributed by atoms with Crippen LogP contribution in [0.15, 0.2) is 22.7 Å². The second-order valence-corrected chi connectivity index (χ2v) is 6.64. The van der Waals surface area contributed by atoms with Crippen LogP contribution in [0.4, 0.5) is 18.9 Å². The quantitative estimate of drug-likeness (QED) is 0.798. The highest BCUT2D eigenvalue weighted by molar-refractivity contribution is 9.10. The predicted molar refractivity (Wildman–Crippen MR) is 86.6 cm³/mol. The molecule has 0 bridgehead atoms. The summed E-state index contributed by atoms with van der Waals surface area (Å²) in [7, 11) is 0. The molecule has 3 rings (SSSR count). The van der Waals surface area contributed by atoms with E-state index in [1.165, 1.54) is 16.8 Å². The van der Waals surface area contributed by atoms with Gasteiger partial charge in [-0.3, -0.25) is 9.48 Å². The summed E-state index contributed by atoms with van der Waals surface area (Å²) in [6, 6.07) is 4.37. The Hall–Kier alpha value is -1.83. The fourth-order valence-electron chi connectivity index (χ4n) is 2.54. The van der Waals surface area contributed by atoms with Crippen molar-refractivity contribution in [1.82, 2.24) is 9.78 Å². The molecule has 0 atom stereocenters. The number of hydrogen-bond donors (Lipinski definition) is 1. The van der Waals surface area contributed by atoms with Gasteiger partial charge in [0.15, 0.2) is 0 Å². The maximum Gasteiger partial charge on any atom is 0.283 e. The van der Waals surface area contributed by atoms with Gasteiger partial charge in [-0.1, -0.05) is 6.07 Å². The van der Waals surface area contributed by atoms with Crippen molar-refractivity contribution in [3.8, 4) is 0 Å². The van der Waals surface area contributed by atoms with Crippen molar-refractivity contribution in [2.75, 3.05) is 5.32 Å². The molecule has 4 nitrogen and oxygen atoms in total. The molecule has 1 N–H and O–H groups in total. The number of benzene rings is 1. The van der Waals surface area contributed by atoms with Gasteiger partial charge in [-0.2, -0.15) is 5.10 Å². The number of anilines is 1. The van der Waals surface area contributed by atoms with Gasteiger partial charge in [0.25, 0.3) is 6.43 Å². The number of nitrogens with zero attached hydrogens (tertiary/aromatic N) is 2. The van der Waals surface area contributed by atoms with Crippen molar-refractivity contribution in [3.05, 3.63) is 45.4 Å². The summed E-state index contributed by atoms with van der Waals surface area (Å²) in [6.07, 6.45) is -0.974. The first-order valence-corrected chi connectivity index (χ1v) is 8.26. The molecular weight excluding hydrogens is 387 g/mol. The van der Waals surface area contributed by atoms with Crippen molar-refractivity contribution in [2.45, 2.75) is 38.7 Å². The Kier molecular flexibility index (Phi) is 4.67. The van der Waals surface area contributed by atoms with Crippen LogP contribution in [-0.4, -0.2) is 15.7 Å². The Bertz CT molecular complexity index is 787. The zero-order chi connectivity index (χ0) is 17.4. The third kappa shape index (κ3) is 3.48. The Morgan fingerprint density at radius 1 is 1.46 bits per heavy atom. The minimum Gasteiger partial charge on any atom is -0.322 e. The molecule has 0 aliphatic heterocycles. The molecule has 1 aromatic carbocycles. The van der Waals surface area contributed by atoms with Gasteiger partial charge in [0.2, 0.25) is 5.91 Å². The number of alkyl halides is 2. The van der Waals surface area contributed by atoms with Crippen LogP contribution in [-0.2, 0) is 11.3 Å². The minimum absolute atomic E-state index is 0.0632. The topological polar surface area (TPSA) is 46.9 Å². The highest BCUT2D eigenvalue weighted by Crippen LogP contribution is 2.45. The van der Waals surface area contributed by atoms with E-state index in [9.17, 15) is 18.0 Å². The van der Waals surface area contributed by atoms with Crippen molar-refractivity contribution in [1.29, 1.82) is 0 Å². The predicted octanol–water partition coefficient (Wildman–Crippen LogP) is 4.55. The second kappa shape index (κ2) is 6.58. The number of nitrogens with one attached hydrogen (secondary N) is 1. The van der Waals surface area contributed by atoms with Crippen LogP contribution in [0.2, 0.25) is 0 Å². The van der Waals surface area contributed by atoms with E-state index in [-0.39, 0.29) is 28.3 Å². The molecule has 1 heterocycles. The number of carbonyl (C=O) groups is 1. The molecule has 0 radical (unpaired) electrons. The lowest BCUT2D eigenvalue weighted by Gasteiger charge is -2.09. The third-order valence-corrected chi connectivity index (χ3v) is 4.63. The Balaban J connectivity index is 1.81. The first kappa shape index (κ1) is 17.0. The van der Waals surface area contributed by atoms with Crippen molar-refractivity contribution in [3.63, 3.8) is 0 Å². The molecule has 8 heteroatoms. The summed E-state index contributed by atoms with van der Waals surface area (Å²) in [4.78, 5) is 12.2. The van der Waals surface area contributed by atoms with Crippen LogP contribution in [0, 0.1) is 12.7 Å². The Morgan fingerprint density at radius 2 is 2.17 bits per heavy atom. The summed E-state index contributed by atoms with van der Waals surface area (Å²) >= 11 is 3.17. The van der Waals surface area contributed by atoms with E-state index in [1.54, 1.807) is 13.0 Å². The summed E-state index contributed by atoms with van der Waals surface area (Å²) in [6.45, 7) is 1.53. The molecule has 0 unspecified atom stereocenters. The molecule has 2 aromatic rings. The van der Waals surface area contributed by atoms with Crippen molar-refractivity contribution >= 4 is 27.5 Å². The standard InChI is InChI=1S/C16H15BrF3N3O/c1-8-2-5-10(18)11(6-8)21-12(24)7-23-15(9-3-4-9)13(17)14(22-23)16(19)20/h2,5-6,9,16H,3-4,7H2,1H3,(H,21,24). The van der Waals surface area contributed by atoms with Gasteiger partial charge < -0.3 is 5.32 Å². The van der Waals surface area contributed by atoms with Crippen LogP contribution in [0.5, 0.6) is 0 Å². The molecule has 1 aliphatic carbocycles.